The zero-order valence-corrected chi connectivity index (χ0v) is 20.3. The fourth-order valence-electron chi connectivity index (χ4n) is 5.05. The van der Waals surface area contributed by atoms with Gasteiger partial charge in [0.25, 0.3) is 5.91 Å². The maximum atomic E-state index is 13.3. The molecule has 0 radical (unpaired) electrons. The van der Waals surface area contributed by atoms with Gasteiger partial charge in [-0.25, -0.2) is 0 Å². The first kappa shape index (κ1) is 23.8. The highest BCUT2D eigenvalue weighted by atomic mass is 16.5. The monoisotopic (exact) mass is 487 g/mol. The molecule has 5 rings (SSSR count). The molecule has 36 heavy (non-hydrogen) atoms. The Morgan fingerprint density at radius 2 is 1.83 bits per heavy atom. The molecule has 3 aromatic carbocycles. The van der Waals surface area contributed by atoms with Crippen molar-refractivity contribution in [1.82, 2.24) is 4.90 Å². The van der Waals surface area contributed by atoms with Crippen LogP contribution in [-0.4, -0.2) is 54.5 Å². The van der Waals surface area contributed by atoms with E-state index in [1.807, 2.05) is 42.5 Å². The minimum absolute atomic E-state index is 0.109. The summed E-state index contributed by atoms with van der Waals surface area (Å²) in [4.78, 5) is 39.3. The fraction of sp³-hybridized carbons (Fsp3) is 0.321. The van der Waals surface area contributed by atoms with Crippen LogP contribution in [0.15, 0.2) is 60.7 Å². The van der Waals surface area contributed by atoms with Crippen molar-refractivity contribution < 1.29 is 23.9 Å². The van der Waals surface area contributed by atoms with Gasteiger partial charge in [-0.2, -0.15) is 0 Å². The third-order valence-electron chi connectivity index (χ3n) is 6.81. The van der Waals surface area contributed by atoms with Crippen LogP contribution in [0.3, 0.4) is 0 Å². The third kappa shape index (κ3) is 4.90. The quantitative estimate of drug-likeness (QED) is 0.575. The summed E-state index contributed by atoms with van der Waals surface area (Å²) in [7, 11) is 1.76. The number of likely N-dealkylation sites (N-methyl/N-ethyl adjacent to an activating group) is 1. The topological polar surface area (TPSA) is 97.0 Å². The summed E-state index contributed by atoms with van der Waals surface area (Å²) in [5.74, 6) is -0.0675. The first-order valence-electron chi connectivity index (χ1n) is 12.1. The van der Waals surface area contributed by atoms with Gasteiger partial charge in [-0.1, -0.05) is 36.4 Å². The van der Waals surface area contributed by atoms with Gasteiger partial charge in [0.15, 0.2) is 0 Å². The number of benzene rings is 3. The van der Waals surface area contributed by atoms with E-state index in [2.05, 4.69) is 10.6 Å². The molecule has 3 amide bonds. The average Bonchev–Trinajstić information content (AvgIpc) is 2.86. The molecule has 186 valence electrons. The highest BCUT2D eigenvalue weighted by Gasteiger charge is 2.39. The van der Waals surface area contributed by atoms with Gasteiger partial charge in [0.2, 0.25) is 11.8 Å². The summed E-state index contributed by atoms with van der Waals surface area (Å²) in [6.45, 7) is 1.68. The number of carbonyl (C=O) groups is 3. The molecule has 0 aromatic heterocycles. The molecule has 3 aromatic rings. The number of nitrogens with zero attached hydrogens (tertiary/aromatic N) is 1. The van der Waals surface area contributed by atoms with Crippen LogP contribution in [0.5, 0.6) is 5.75 Å². The summed E-state index contributed by atoms with van der Waals surface area (Å²) < 4.78 is 12.3. The van der Waals surface area contributed by atoms with E-state index >= 15 is 0 Å². The van der Waals surface area contributed by atoms with Gasteiger partial charge in [-0.15, -0.1) is 0 Å². The lowest BCUT2D eigenvalue weighted by molar-refractivity contribution is -0.130. The maximum absolute atomic E-state index is 13.3. The van der Waals surface area contributed by atoms with Gasteiger partial charge in [-0.05, 0) is 42.5 Å². The van der Waals surface area contributed by atoms with E-state index in [0.717, 1.165) is 16.5 Å². The molecule has 0 bridgehead atoms. The van der Waals surface area contributed by atoms with Gasteiger partial charge in [0.1, 0.15) is 18.5 Å². The average molecular weight is 488 g/mol. The zero-order valence-electron chi connectivity index (χ0n) is 20.3. The second kappa shape index (κ2) is 9.99. The Hall–Kier alpha value is -3.91. The van der Waals surface area contributed by atoms with E-state index in [1.54, 1.807) is 30.1 Å². The first-order chi connectivity index (χ1) is 17.4. The third-order valence-corrected chi connectivity index (χ3v) is 6.81. The predicted octanol–water partition coefficient (Wildman–Crippen LogP) is 4.21. The number of hydrogen-bond donors (Lipinski definition) is 2. The molecular formula is C28H29N3O5. The molecular weight excluding hydrogens is 458 g/mol. The molecule has 2 N–H and O–H groups in total. The molecule has 0 spiro atoms. The first-order valence-corrected chi connectivity index (χ1v) is 12.1. The molecule has 1 fully saturated rings. The van der Waals surface area contributed by atoms with Gasteiger partial charge in [0, 0.05) is 30.7 Å². The molecule has 0 aliphatic carbocycles. The van der Waals surface area contributed by atoms with Crippen LogP contribution in [0.2, 0.25) is 0 Å². The standard InChI is InChI=1S/C28H29N3O5/c1-17(32)29-19-10-13-25-22(14-19)28(34)31(2)24-12-11-20(36-26(24)16-35-25)15-27(33)30-23-9-5-7-18-6-3-4-8-21(18)23/h3-10,13-14,20,24,26H,11-12,15-16H2,1-2H3,(H,29,32)(H,30,33)/t20-,24+,26-/m1/s1. The van der Waals surface area contributed by atoms with Gasteiger partial charge in [0.05, 0.1) is 24.1 Å². The number of amides is 3. The molecule has 8 heteroatoms. The van der Waals surface area contributed by atoms with Crippen molar-refractivity contribution in [3.05, 3.63) is 66.2 Å². The summed E-state index contributed by atoms with van der Waals surface area (Å²) >= 11 is 0. The Morgan fingerprint density at radius 1 is 1.03 bits per heavy atom. The molecule has 2 heterocycles. The smallest absolute Gasteiger partial charge is 0.257 e. The van der Waals surface area contributed by atoms with E-state index in [4.69, 9.17) is 9.47 Å². The highest BCUT2D eigenvalue weighted by molar-refractivity contribution is 6.02. The fourth-order valence-corrected chi connectivity index (χ4v) is 5.05. The molecule has 8 nitrogen and oxygen atoms in total. The number of nitrogens with one attached hydrogen (secondary N) is 2. The molecule has 0 unspecified atom stereocenters. The molecule has 2 aliphatic rings. The predicted molar refractivity (Wildman–Crippen MR) is 137 cm³/mol. The van der Waals surface area contributed by atoms with Crippen molar-refractivity contribution in [2.24, 2.45) is 0 Å². The van der Waals surface area contributed by atoms with Crippen LogP contribution in [-0.2, 0) is 14.3 Å². The van der Waals surface area contributed by atoms with Crippen molar-refractivity contribution in [2.45, 2.75) is 44.4 Å². The lowest BCUT2D eigenvalue weighted by Gasteiger charge is -2.42. The SMILES string of the molecule is CC(=O)Nc1ccc2c(c1)C(=O)N(C)[C@H]1CC[C@H](CC(=O)Nc3cccc4ccccc34)O[C@@H]1CO2. The Kier molecular flexibility index (Phi) is 6.61. The van der Waals surface area contributed by atoms with Gasteiger partial charge >= 0.3 is 0 Å². The van der Waals surface area contributed by atoms with Crippen molar-refractivity contribution >= 4 is 39.9 Å². The van der Waals surface area contributed by atoms with Crippen LogP contribution in [0, 0.1) is 0 Å². The summed E-state index contributed by atoms with van der Waals surface area (Å²) in [6.07, 6.45) is 0.949. The van der Waals surface area contributed by atoms with Crippen molar-refractivity contribution in [1.29, 1.82) is 0 Å². The van der Waals surface area contributed by atoms with Crippen molar-refractivity contribution in [3.8, 4) is 5.75 Å². The molecule has 1 saturated heterocycles. The van der Waals surface area contributed by atoms with Crippen LogP contribution >= 0.6 is 0 Å². The van der Waals surface area contributed by atoms with Gasteiger partial charge in [-0.3, -0.25) is 14.4 Å². The lowest BCUT2D eigenvalue weighted by atomic mass is 9.94. The second-order valence-electron chi connectivity index (χ2n) is 9.34. The summed E-state index contributed by atoms with van der Waals surface area (Å²) in [5, 5.41) is 7.79. The van der Waals surface area contributed by atoms with E-state index in [0.29, 0.717) is 29.8 Å². The highest BCUT2D eigenvalue weighted by Crippen LogP contribution is 2.33. The van der Waals surface area contributed by atoms with E-state index in [-0.39, 0.29) is 49.0 Å². The number of rotatable bonds is 4. The Labute approximate surface area is 209 Å². The molecule has 3 atom stereocenters. The number of anilines is 2. The van der Waals surface area contributed by atoms with E-state index < -0.39 is 0 Å². The minimum atomic E-state index is -0.355. The maximum Gasteiger partial charge on any atom is 0.257 e. The largest absolute Gasteiger partial charge is 0.490 e. The Bertz CT molecular complexity index is 1320. The van der Waals surface area contributed by atoms with Crippen LogP contribution in [0.25, 0.3) is 10.8 Å². The van der Waals surface area contributed by atoms with Crippen LogP contribution in [0.1, 0.15) is 36.5 Å². The second-order valence-corrected chi connectivity index (χ2v) is 9.34. The van der Waals surface area contributed by atoms with Crippen LogP contribution < -0.4 is 15.4 Å². The Morgan fingerprint density at radius 3 is 2.67 bits per heavy atom. The number of ether oxygens (including phenoxy) is 2. The van der Waals surface area contributed by atoms with Crippen LogP contribution in [0.4, 0.5) is 11.4 Å². The van der Waals surface area contributed by atoms with E-state index in [9.17, 15) is 14.4 Å². The molecule has 0 saturated carbocycles. The van der Waals surface area contributed by atoms with Gasteiger partial charge < -0.3 is 25.0 Å². The zero-order chi connectivity index (χ0) is 25.2. The molecule has 2 aliphatic heterocycles. The minimum Gasteiger partial charge on any atom is -0.490 e. The van der Waals surface area contributed by atoms with E-state index in [1.165, 1.54) is 6.92 Å². The number of carbonyl (C=O) groups excluding carboxylic acids is 3. The van der Waals surface area contributed by atoms with Crippen molar-refractivity contribution in [3.63, 3.8) is 0 Å². The summed E-state index contributed by atoms with van der Waals surface area (Å²) in [6, 6.07) is 18.6. The number of fused-ring (bicyclic) bond motifs is 3. The Balaban J connectivity index is 1.27. The lowest BCUT2D eigenvalue weighted by Crippen LogP contribution is -2.53. The number of hydrogen-bond acceptors (Lipinski definition) is 5. The summed E-state index contributed by atoms with van der Waals surface area (Å²) in [5.41, 5.74) is 1.72. The normalized spacial score (nSPS) is 21.4. The van der Waals surface area contributed by atoms with Crippen molar-refractivity contribution in [2.75, 3.05) is 24.3 Å².